The van der Waals surface area contributed by atoms with E-state index in [1.165, 1.54) is 6.33 Å². The molecule has 2 N–H and O–H groups in total. The van der Waals surface area contributed by atoms with Gasteiger partial charge in [0.05, 0.1) is 0 Å². The van der Waals surface area contributed by atoms with Gasteiger partial charge in [-0.15, -0.1) is 0 Å². The Bertz CT molecular complexity index is 560. The molecule has 0 unspecified atom stereocenters. The molecule has 5 heteroatoms. The van der Waals surface area contributed by atoms with Crippen LogP contribution >= 0.6 is 11.6 Å². The normalized spacial score (nSPS) is 10.4. The van der Waals surface area contributed by atoms with Gasteiger partial charge in [-0.25, -0.2) is 9.97 Å². The Morgan fingerprint density at radius 1 is 1.26 bits per heavy atom. The van der Waals surface area contributed by atoms with Crippen molar-refractivity contribution in [3.63, 3.8) is 0 Å². The number of anilines is 1. The van der Waals surface area contributed by atoms with Gasteiger partial charge in [0, 0.05) is 17.7 Å². The van der Waals surface area contributed by atoms with Gasteiger partial charge in [0.1, 0.15) is 23.0 Å². The minimum Gasteiger partial charge on any atom is -0.508 e. The molecule has 0 saturated carbocycles. The SMILES string of the molecule is CCCc1c(Cl)ncnc1NCc1ccccc1O. The maximum atomic E-state index is 9.72. The van der Waals surface area contributed by atoms with Crippen LogP contribution in [0.15, 0.2) is 30.6 Å². The van der Waals surface area contributed by atoms with Crippen molar-refractivity contribution in [3.05, 3.63) is 46.9 Å². The molecule has 2 rings (SSSR count). The minimum atomic E-state index is 0.271. The van der Waals surface area contributed by atoms with E-state index in [-0.39, 0.29) is 5.75 Å². The number of hydrogen-bond acceptors (Lipinski definition) is 4. The lowest BCUT2D eigenvalue weighted by Gasteiger charge is -2.11. The van der Waals surface area contributed by atoms with E-state index in [9.17, 15) is 5.11 Å². The molecule has 0 spiro atoms. The zero-order valence-electron chi connectivity index (χ0n) is 10.7. The first-order valence-electron chi connectivity index (χ1n) is 6.22. The van der Waals surface area contributed by atoms with E-state index >= 15 is 0 Å². The van der Waals surface area contributed by atoms with Crippen LogP contribution in [0.3, 0.4) is 0 Å². The summed E-state index contributed by atoms with van der Waals surface area (Å²) in [6.45, 7) is 2.58. The highest BCUT2D eigenvalue weighted by Crippen LogP contribution is 2.23. The molecule has 0 amide bonds. The van der Waals surface area contributed by atoms with Crippen LogP contribution in [-0.2, 0) is 13.0 Å². The van der Waals surface area contributed by atoms with Crippen LogP contribution in [0.25, 0.3) is 0 Å². The number of rotatable bonds is 5. The summed E-state index contributed by atoms with van der Waals surface area (Å²) in [6.07, 6.45) is 3.23. The van der Waals surface area contributed by atoms with Crippen molar-refractivity contribution < 1.29 is 5.11 Å². The standard InChI is InChI=1S/C14H16ClN3O/c1-2-5-11-13(15)17-9-18-14(11)16-8-10-6-3-4-7-12(10)19/h3-4,6-7,9,19H,2,5,8H2,1H3,(H,16,17,18). The van der Waals surface area contributed by atoms with Gasteiger partial charge in [-0.3, -0.25) is 0 Å². The van der Waals surface area contributed by atoms with E-state index in [2.05, 4.69) is 22.2 Å². The van der Waals surface area contributed by atoms with Gasteiger partial charge in [-0.1, -0.05) is 43.1 Å². The van der Waals surface area contributed by atoms with Crippen LogP contribution in [0, 0.1) is 0 Å². The monoisotopic (exact) mass is 277 g/mol. The molecule has 19 heavy (non-hydrogen) atoms. The third kappa shape index (κ3) is 3.35. The number of aromatic nitrogens is 2. The Balaban J connectivity index is 2.16. The maximum absolute atomic E-state index is 9.72. The lowest BCUT2D eigenvalue weighted by molar-refractivity contribution is 0.469. The van der Waals surface area contributed by atoms with Gasteiger partial charge in [0.2, 0.25) is 0 Å². The third-order valence-corrected chi connectivity index (χ3v) is 3.16. The van der Waals surface area contributed by atoms with E-state index in [1.807, 2.05) is 12.1 Å². The molecule has 4 nitrogen and oxygen atoms in total. The van der Waals surface area contributed by atoms with Crippen molar-refractivity contribution in [1.29, 1.82) is 0 Å². The van der Waals surface area contributed by atoms with Crippen LogP contribution in [0.5, 0.6) is 5.75 Å². The topological polar surface area (TPSA) is 58.0 Å². The molecule has 2 aromatic rings. The number of nitrogens with one attached hydrogen (secondary N) is 1. The first-order valence-corrected chi connectivity index (χ1v) is 6.60. The number of hydrogen-bond donors (Lipinski definition) is 2. The van der Waals surface area contributed by atoms with E-state index in [0.717, 1.165) is 29.8 Å². The van der Waals surface area contributed by atoms with E-state index < -0.39 is 0 Å². The summed E-state index contributed by atoms with van der Waals surface area (Å²) in [7, 11) is 0. The number of phenolic OH excluding ortho intramolecular Hbond substituents is 1. The summed E-state index contributed by atoms with van der Waals surface area (Å²) in [5, 5.41) is 13.4. The molecule has 0 radical (unpaired) electrons. The minimum absolute atomic E-state index is 0.271. The average molecular weight is 278 g/mol. The van der Waals surface area contributed by atoms with Crippen molar-refractivity contribution in [1.82, 2.24) is 9.97 Å². The summed E-state index contributed by atoms with van der Waals surface area (Å²) in [4.78, 5) is 8.21. The molecule has 100 valence electrons. The van der Waals surface area contributed by atoms with Crippen molar-refractivity contribution in [2.45, 2.75) is 26.3 Å². The second kappa shape index (κ2) is 6.38. The van der Waals surface area contributed by atoms with E-state index in [0.29, 0.717) is 11.7 Å². The second-order valence-corrected chi connectivity index (χ2v) is 4.58. The highest BCUT2D eigenvalue weighted by atomic mass is 35.5. The zero-order chi connectivity index (χ0) is 13.7. The molecule has 1 aromatic heterocycles. The Morgan fingerprint density at radius 3 is 2.79 bits per heavy atom. The largest absolute Gasteiger partial charge is 0.508 e. The smallest absolute Gasteiger partial charge is 0.137 e. The third-order valence-electron chi connectivity index (χ3n) is 2.83. The van der Waals surface area contributed by atoms with Crippen molar-refractivity contribution in [2.24, 2.45) is 0 Å². The fraction of sp³-hybridized carbons (Fsp3) is 0.286. The fourth-order valence-corrected chi connectivity index (χ4v) is 2.08. The van der Waals surface area contributed by atoms with Crippen molar-refractivity contribution >= 4 is 17.4 Å². The predicted octanol–water partition coefficient (Wildman–Crippen LogP) is 3.40. The average Bonchev–Trinajstić information content (AvgIpc) is 2.41. The lowest BCUT2D eigenvalue weighted by atomic mass is 10.1. The number of nitrogens with zero attached hydrogens (tertiary/aromatic N) is 2. The zero-order valence-corrected chi connectivity index (χ0v) is 11.5. The molecule has 1 heterocycles. The summed E-state index contributed by atoms with van der Waals surface area (Å²) in [5.74, 6) is 0.997. The number of benzene rings is 1. The molecule has 0 saturated heterocycles. The van der Waals surface area contributed by atoms with Crippen LogP contribution < -0.4 is 5.32 Å². The molecular formula is C14H16ClN3O. The molecule has 0 bridgehead atoms. The van der Waals surface area contributed by atoms with Gasteiger partial charge < -0.3 is 10.4 Å². The van der Waals surface area contributed by atoms with Crippen LogP contribution in [0.1, 0.15) is 24.5 Å². The Hall–Kier alpha value is -1.81. The van der Waals surface area contributed by atoms with Crippen LogP contribution in [0.4, 0.5) is 5.82 Å². The summed E-state index contributed by atoms with van der Waals surface area (Å²) in [5.41, 5.74) is 1.74. The highest BCUT2D eigenvalue weighted by Gasteiger charge is 2.09. The van der Waals surface area contributed by atoms with Gasteiger partial charge in [-0.2, -0.15) is 0 Å². The van der Waals surface area contributed by atoms with Gasteiger partial charge >= 0.3 is 0 Å². The van der Waals surface area contributed by atoms with E-state index in [1.54, 1.807) is 12.1 Å². The summed E-state index contributed by atoms with van der Waals surface area (Å²) < 4.78 is 0. The number of para-hydroxylation sites is 1. The fourth-order valence-electron chi connectivity index (χ4n) is 1.85. The molecular weight excluding hydrogens is 262 g/mol. The first-order chi connectivity index (χ1) is 9.22. The first kappa shape index (κ1) is 13.6. The second-order valence-electron chi connectivity index (χ2n) is 4.22. The molecule has 0 aliphatic rings. The molecule has 0 fully saturated rings. The Labute approximate surface area is 117 Å². The van der Waals surface area contributed by atoms with Gasteiger partial charge in [0.15, 0.2) is 0 Å². The van der Waals surface area contributed by atoms with Crippen molar-refractivity contribution in [3.8, 4) is 5.75 Å². The summed E-state index contributed by atoms with van der Waals surface area (Å²) >= 11 is 6.08. The molecule has 0 atom stereocenters. The van der Waals surface area contributed by atoms with Crippen LogP contribution in [0.2, 0.25) is 5.15 Å². The Morgan fingerprint density at radius 2 is 2.05 bits per heavy atom. The molecule has 0 aliphatic heterocycles. The summed E-state index contributed by atoms with van der Waals surface area (Å²) in [6, 6.07) is 7.21. The van der Waals surface area contributed by atoms with Crippen LogP contribution in [-0.4, -0.2) is 15.1 Å². The van der Waals surface area contributed by atoms with Gasteiger partial charge in [-0.05, 0) is 12.5 Å². The number of phenols is 1. The quantitative estimate of drug-likeness (QED) is 0.823. The lowest BCUT2D eigenvalue weighted by Crippen LogP contribution is -2.06. The van der Waals surface area contributed by atoms with Gasteiger partial charge in [0.25, 0.3) is 0 Å². The highest BCUT2D eigenvalue weighted by molar-refractivity contribution is 6.30. The maximum Gasteiger partial charge on any atom is 0.137 e. The number of aromatic hydroxyl groups is 1. The predicted molar refractivity (Wildman–Crippen MR) is 76.5 cm³/mol. The molecule has 0 aliphatic carbocycles. The molecule has 1 aromatic carbocycles. The number of halogens is 1. The van der Waals surface area contributed by atoms with Crippen molar-refractivity contribution in [2.75, 3.05) is 5.32 Å². The van der Waals surface area contributed by atoms with E-state index in [4.69, 9.17) is 11.6 Å². The Kier molecular flexibility index (Phi) is 4.58.